The number of fused-ring (bicyclic) bond motifs is 2. The van der Waals surface area contributed by atoms with Gasteiger partial charge >= 0.3 is 6.03 Å². The van der Waals surface area contributed by atoms with Gasteiger partial charge in [-0.15, -0.1) is 0 Å². The van der Waals surface area contributed by atoms with Crippen LogP contribution >= 0.6 is 0 Å². The highest BCUT2D eigenvalue weighted by molar-refractivity contribution is 5.94. The van der Waals surface area contributed by atoms with Crippen molar-refractivity contribution >= 4 is 50.7 Å². The molecule has 2 aromatic carbocycles. The topological polar surface area (TPSA) is 115 Å². The molecule has 5 aromatic rings. The highest BCUT2D eigenvalue weighted by atomic mass is 19.1. The van der Waals surface area contributed by atoms with Crippen molar-refractivity contribution in [3.05, 3.63) is 78.6 Å². The Morgan fingerprint density at radius 3 is 2.89 bits per heavy atom. The van der Waals surface area contributed by atoms with E-state index in [1.165, 1.54) is 18.5 Å². The zero-order chi connectivity index (χ0) is 23.8. The van der Waals surface area contributed by atoms with E-state index in [1.54, 1.807) is 23.2 Å². The minimum Gasteiger partial charge on any atom is -0.340 e. The Kier molecular flexibility index (Phi) is 5.10. The molecule has 2 amide bonds. The summed E-state index contributed by atoms with van der Waals surface area (Å²) in [7, 11) is 0. The average Bonchev–Trinajstić information content (AvgIpc) is 3.51. The first-order chi connectivity index (χ1) is 17.1. The fourth-order valence-corrected chi connectivity index (χ4v) is 4.24. The number of hydrogen-bond acceptors (Lipinski definition) is 5. The van der Waals surface area contributed by atoms with Crippen LogP contribution in [-0.4, -0.2) is 49.2 Å². The van der Waals surface area contributed by atoms with Gasteiger partial charge in [-0.2, -0.15) is 5.10 Å². The van der Waals surface area contributed by atoms with E-state index in [0.29, 0.717) is 31.0 Å². The fraction of sp³-hybridized carbons (Fsp3) is 0.120. The molecule has 6 rings (SSSR count). The van der Waals surface area contributed by atoms with E-state index >= 15 is 0 Å². The van der Waals surface area contributed by atoms with Crippen LogP contribution in [0.4, 0.5) is 26.4 Å². The summed E-state index contributed by atoms with van der Waals surface area (Å²) in [6.45, 7) is 0.997. The van der Waals surface area contributed by atoms with Gasteiger partial charge in [-0.05, 0) is 54.5 Å². The van der Waals surface area contributed by atoms with Crippen LogP contribution in [0, 0.1) is 5.82 Å². The van der Waals surface area contributed by atoms with Gasteiger partial charge in [0, 0.05) is 35.5 Å². The van der Waals surface area contributed by atoms with Gasteiger partial charge in [0.05, 0.1) is 17.1 Å². The van der Waals surface area contributed by atoms with Crippen molar-refractivity contribution < 1.29 is 9.18 Å². The summed E-state index contributed by atoms with van der Waals surface area (Å²) in [5.74, 6) is 0.314. The summed E-state index contributed by atoms with van der Waals surface area (Å²) in [5, 5.41) is 15.0. The number of amides is 2. The number of aromatic amines is 2. The Balaban J connectivity index is 1.19. The standard InChI is InChI=1S/C25H21FN8O/c26-17-2-1-3-18(11-17)31-25(35)34-8-6-15(7-9-34)22-12-20-23(27-14-28-24(20)32-22)30-19-4-5-21-16(10-19)13-29-33-21/h1-6,10-14H,7-9H2,(H,29,33)(H,31,35)(H2,27,28,30,32). The maximum absolute atomic E-state index is 13.4. The van der Waals surface area contributed by atoms with E-state index in [9.17, 15) is 9.18 Å². The lowest BCUT2D eigenvalue weighted by molar-refractivity contribution is 0.217. The molecule has 0 saturated heterocycles. The highest BCUT2D eigenvalue weighted by Gasteiger charge is 2.20. The van der Waals surface area contributed by atoms with Crippen LogP contribution in [0.1, 0.15) is 12.1 Å². The SMILES string of the molecule is O=C(Nc1cccc(F)c1)N1CC=C(c2cc3c(Nc4ccc5[nH]ncc5c4)ncnc3[nH]2)CC1. The lowest BCUT2D eigenvalue weighted by Gasteiger charge is -2.26. The molecule has 9 nitrogen and oxygen atoms in total. The predicted molar refractivity (Wildman–Crippen MR) is 133 cm³/mol. The van der Waals surface area contributed by atoms with Crippen molar-refractivity contribution in [2.75, 3.05) is 23.7 Å². The maximum atomic E-state index is 13.4. The van der Waals surface area contributed by atoms with E-state index < -0.39 is 0 Å². The molecule has 0 spiro atoms. The summed E-state index contributed by atoms with van der Waals surface area (Å²) < 4.78 is 13.4. The fourth-order valence-electron chi connectivity index (χ4n) is 4.24. The smallest absolute Gasteiger partial charge is 0.322 e. The molecule has 174 valence electrons. The van der Waals surface area contributed by atoms with E-state index in [4.69, 9.17) is 0 Å². The summed E-state index contributed by atoms with van der Waals surface area (Å²) in [4.78, 5) is 26.5. The van der Waals surface area contributed by atoms with Gasteiger partial charge < -0.3 is 20.5 Å². The molecule has 0 bridgehead atoms. The summed E-state index contributed by atoms with van der Waals surface area (Å²) >= 11 is 0. The number of rotatable bonds is 4. The predicted octanol–water partition coefficient (Wildman–Crippen LogP) is 5.04. The van der Waals surface area contributed by atoms with Gasteiger partial charge in [-0.25, -0.2) is 19.2 Å². The quantitative estimate of drug-likeness (QED) is 0.295. The summed E-state index contributed by atoms with van der Waals surface area (Å²) in [5.41, 5.74) is 5.08. The first-order valence-corrected chi connectivity index (χ1v) is 11.2. The molecule has 4 N–H and O–H groups in total. The van der Waals surface area contributed by atoms with E-state index in [0.717, 1.165) is 38.9 Å². The van der Waals surface area contributed by atoms with Gasteiger partial charge in [0.1, 0.15) is 23.6 Å². The number of H-pyrrole nitrogens is 2. The average molecular weight is 468 g/mol. The van der Waals surface area contributed by atoms with Crippen LogP contribution in [0.5, 0.6) is 0 Å². The Bertz CT molecular complexity index is 1590. The van der Waals surface area contributed by atoms with Crippen molar-refractivity contribution in [1.82, 2.24) is 30.0 Å². The summed E-state index contributed by atoms with van der Waals surface area (Å²) in [6, 6.07) is 13.6. The molecule has 0 atom stereocenters. The minimum absolute atomic E-state index is 0.255. The van der Waals surface area contributed by atoms with Crippen LogP contribution in [0.3, 0.4) is 0 Å². The molecule has 3 aromatic heterocycles. The van der Waals surface area contributed by atoms with E-state index in [-0.39, 0.29) is 11.8 Å². The molecule has 0 radical (unpaired) electrons. The number of benzene rings is 2. The number of nitrogens with one attached hydrogen (secondary N) is 4. The minimum atomic E-state index is -0.388. The second kappa shape index (κ2) is 8.56. The van der Waals surface area contributed by atoms with E-state index in [2.05, 4.69) is 35.8 Å². The van der Waals surface area contributed by atoms with Gasteiger partial charge in [-0.3, -0.25) is 5.10 Å². The number of halogens is 1. The second-order valence-corrected chi connectivity index (χ2v) is 8.33. The van der Waals surface area contributed by atoms with Crippen molar-refractivity contribution in [2.45, 2.75) is 6.42 Å². The molecule has 10 heteroatoms. The van der Waals surface area contributed by atoms with Gasteiger partial charge in [0.2, 0.25) is 0 Å². The maximum Gasteiger partial charge on any atom is 0.322 e. The van der Waals surface area contributed by atoms with Crippen LogP contribution in [-0.2, 0) is 0 Å². The molecule has 0 fully saturated rings. The van der Waals surface area contributed by atoms with Gasteiger partial charge in [-0.1, -0.05) is 12.1 Å². The lowest BCUT2D eigenvalue weighted by atomic mass is 10.1. The number of carbonyl (C=O) groups excluding carboxylic acids is 1. The van der Waals surface area contributed by atoms with Gasteiger partial charge in [0.15, 0.2) is 0 Å². The number of nitrogens with zero attached hydrogens (tertiary/aromatic N) is 4. The molecular weight excluding hydrogens is 447 g/mol. The Hall–Kier alpha value is -4.73. The lowest BCUT2D eigenvalue weighted by Crippen LogP contribution is -2.37. The van der Waals surface area contributed by atoms with E-state index in [1.807, 2.05) is 30.3 Å². The first-order valence-electron chi connectivity index (χ1n) is 11.2. The highest BCUT2D eigenvalue weighted by Crippen LogP contribution is 2.30. The monoisotopic (exact) mass is 468 g/mol. The molecule has 0 aliphatic carbocycles. The normalized spacial score (nSPS) is 13.7. The van der Waals surface area contributed by atoms with Crippen LogP contribution in [0.2, 0.25) is 0 Å². The van der Waals surface area contributed by atoms with Crippen molar-refractivity contribution in [3.8, 4) is 0 Å². The Morgan fingerprint density at radius 1 is 1.09 bits per heavy atom. The van der Waals surface area contributed by atoms with Crippen molar-refractivity contribution in [3.63, 3.8) is 0 Å². The van der Waals surface area contributed by atoms with Gasteiger partial charge in [0.25, 0.3) is 0 Å². The molecule has 0 unspecified atom stereocenters. The molecule has 35 heavy (non-hydrogen) atoms. The third-order valence-corrected chi connectivity index (χ3v) is 6.05. The number of hydrogen-bond donors (Lipinski definition) is 4. The van der Waals surface area contributed by atoms with Crippen LogP contribution in [0.15, 0.2) is 67.1 Å². The zero-order valence-electron chi connectivity index (χ0n) is 18.5. The zero-order valence-corrected chi connectivity index (χ0v) is 18.5. The third kappa shape index (κ3) is 4.17. The number of anilines is 3. The number of urea groups is 1. The number of aromatic nitrogens is 5. The van der Waals surface area contributed by atoms with Crippen LogP contribution < -0.4 is 10.6 Å². The second-order valence-electron chi connectivity index (χ2n) is 8.33. The third-order valence-electron chi connectivity index (χ3n) is 6.05. The molecule has 0 saturated carbocycles. The van der Waals surface area contributed by atoms with Crippen molar-refractivity contribution in [2.24, 2.45) is 0 Å². The Morgan fingerprint density at radius 2 is 2.03 bits per heavy atom. The Labute approximate surface area is 199 Å². The largest absolute Gasteiger partial charge is 0.340 e. The molecular formula is C25H21FN8O. The molecule has 1 aliphatic rings. The van der Waals surface area contributed by atoms with Crippen molar-refractivity contribution in [1.29, 1.82) is 0 Å². The van der Waals surface area contributed by atoms with Crippen LogP contribution in [0.25, 0.3) is 27.5 Å². The number of carbonyl (C=O) groups is 1. The molecule has 1 aliphatic heterocycles. The summed E-state index contributed by atoms with van der Waals surface area (Å²) in [6.07, 6.45) is 6.00. The molecule has 4 heterocycles. The first kappa shape index (κ1) is 20.8.